The van der Waals surface area contributed by atoms with E-state index in [-0.39, 0.29) is 6.10 Å². The maximum Gasteiger partial charge on any atom is 0.0703 e. The quantitative estimate of drug-likeness (QED) is 0.785. The summed E-state index contributed by atoms with van der Waals surface area (Å²) in [5, 5.41) is 10.1. The van der Waals surface area contributed by atoms with Crippen LogP contribution in [0.25, 0.3) is 0 Å². The number of aliphatic hydroxyl groups excluding tert-OH is 1. The number of rotatable bonds is 5. The van der Waals surface area contributed by atoms with Crippen LogP contribution in [0.5, 0.6) is 0 Å². The van der Waals surface area contributed by atoms with Gasteiger partial charge in [-0.05, 0) is 19.4 Å². The molecule has 3 heteroatoms. The Morgan fingerprint density at radius 3 is 2.73 bits per heavy atom. The molecule has 2 atom stereocenters. The van der Waals surface area contributed by atoms with Gasteiger partial charge in [0.05, 0.1) is 6.10 Å². The Labute approximate surface area is 98.4 Å². The average Bonchev–Trinajstić information content (AvgIpc) is 2.17. The molecule has 0 spiro atoms. The topological polar surface area (TPSA) is 23.5 Å². The van der Waals surface area contributed by atoms with Crippen LogP contribution < -0.4 is 0 Å². The molecule has 1 N–H and O–H groups in total. The van der Waals surface area contributed by atoms with Crippen LogP contribution in [-0.2, 0) is 0 Å². The lowest BCUT2D eigenvalue weighted by atomic mass is 10.0. The SMILES string of the molecule is CC(C)CCCC(O)C1CSCCN1C. The highest BCUT2D eigenvalue weighted by molar-refractivity contribution is 7.99. The van der Waals surface area contributed by atoms with Gasteiger partial charge in [0.2, 0.25) is 0 Å². The van der Waals surface area contributed by atoms with Gasteiger partial charge in [0.25, 0.3) is 0 Å². The standard InChI is InChI=1S/C12H25NOS/c1-10(2)5-4-6-12(14)11-9-15-8-7-13(11)3/h10-12,14H,4-9H2,1-3H3. The Balaban J connectivity index is 2.22. The molecule has 2 nitrogen and oxygen atoms in total. The minimum absolute atomic E-state index is 0.124. The lowest BCUT2D eigenvalue weighted by Crippen LogP contribution is -2.47. The Bertz CT molecular complexity index is 175. The van der Waals surface area contributed by atoms with E-state index in [1.165, 1.54) is 12.2 Å². The average molecular weight is 231 g/mol. The zero-order valence-corrected chi connectivity index (χ0v) is 11.1. The number of hydrogen-bond donors (Lipinski definition) is 1. The van der Waals surface area contributed by atoms with Crippen LogP contribution in [0.1, 0.15) is 33.1 Å². The molecular weight excluding hydrogens is 206 g/mol. The van der Waals surface area contributed by atoms with Crippen molar-refractivity contribution in [1.29, 1.82) is 0 Å². The summed E-state index contributed by atoms with van der Waals surface area (Å²) in [5.41, 5.74) is 0. The zero-order valence-electron chi connectivity index (χ0n) is 10.3. The molecule has 0 amide bonds. The fourth-order valence-corrected chi connectivity index (χ4v) is 3.34. The van der Waals surface area contributed by atoms with E-state index in [9.17, 15) is 5.11 Å². The van der Waals surface area contributed by atoms with Crippen LogP contribution in [0.2, 0.25) is 0 Å². The van der Waals surface area contributed by atoms with Crippen LogP contribution in [0.3, 0.4) is 0 Å². The first-order chi connectivity index (χ1) is 7.11. The van der Waals surface area contributed by atoms with Crippen LogP contribution in [0, 0.1) is 5.92 Å². The van der Waals surface area contributed by atoms with Gasteiger partial charge < -0.3 is 5.11 Å². The maximum atomic E-state index is 10.1. The molecule has 1 rings (SSSR count). The van der Waals surface area contributed by atoms with Crippen LogP contribution in [0.4, 0.5) is 0 Å². The third-order valence-electron chi connectivity index (χ3n) is 3.17. The lowest BCUT2D eigenvalue weighted by molar-refractivity contribution is 0.0668. The number of hydrogen-bond acceptors (Lipinski definition) is 3. The van der Waals surface area contributed by atoms with E-state index in [2.05, 4.69) is 25.8 Å². The second-order valence-corrected chi connectivity index (χ2v) is 6.16. The van der Waals surface area contributed by atoms with Crippen LogP contribution >= 0.6 is 11.8 Å². The van der Waals surface area contributed by atoms with E-state index in [4.69, 9.17) is 0 Å². The van der Waals surface area contributed by atoms with E-state index in [0.717, 1.165) is 31.1 Å². The summed E-state index contributed by atoms with van der Waals surface area (Å²) in [7, 11) is 2.13. The molecule has 0 aromatic heterocycles. The van der Waals surface area contributed by atoms with Crippen molar-refractivity contribution in [2.24, 2.45) is 5.92 Å². The summed E-state index contributed by atoms with van der Waals surface area (Å²) < 4.78 is 0. The van der Waals surface area contributed by atoms with Gasteiger partial charge >= 0.3 is 0 Å². The minimum atomic E-state index is -0.124. The smallest absolute Gasteiger partial charge is 0.0703 e. The first kappa shape index (κ1) is 13.3. The van der Waals surface area contributed by atoms with Gasteiger partial charge in [0.1, 0.15) is 0 Å². The molecule has 0 radical (unpaired) electrons. The van der Waals surface area contributed by atoms with E-state index in [0.29, 0.717) is 6.04 Å². The first-order valence-corrected chi connectivity index (χ1v) is 7.22. The summed E-state index contributed by atoms with van der Waals surface area (Å²) in [6.45, 7) is 5.61. The highest BCUT2D eigenvalue weighted by atomic mass is 32.2. The molecule has 0 aromatic rings. The molecule has 1 heterocycles. The molecule has 1 saturated heterocycles. The fraction of sp³-hybridized carbons (Fsp3) is 1.00. The molecule has 90 valence electrons. The summed E-state index contributed by atoms with van der Waals surface area (Å²) in [6.07, 6.45) is 3.24. The number of nitrogens with zero attached hydrogens (tertiary/aromatic N) is 1. The van der Waals surface area contributed by atoms with Gasteiger partial charge in [0, 0.05) is 24.1 Å². The van der Waals surface area contributed by atoms with E-state index in [1.54, 1.807) is 0 Å². The predicted octanol–water partition coefficient (Wildman–Crippen LogP) is 2.22. The second-order valence-electron chi connectivity index (χ2n) is 5.01. The highest BCUT2D eigenvalue weighted by Crippen LogP contribution is 2.20. The van der Waals surface area contributed by atoms with Crippen LogP contribution in [0.15, 0.2) is 0 Å². The van der Waals surface area contributed by atoms with E-state index < -0.39 is 0 Å². The molecule has 2 unspecified atom stereocenters. The molecule has 0 aromatic carbocycles. The monoisotopic (exact) mass is 231 g/mol. The molecule has 1 aliphatic rings. The molecule has 1 fully saturated rings. The minimum Gasteiger partial charge on any atom is -0.391 e. The molecule has 1 aliphatic heterocycles. The van der Waals surface area contributed by atoms with Gasteiger partial charge in [-0.2, -0.15) is 11.8 Å². The Morgan fingerprint density at radius 1 is 1.40 bits per heavy atom. The van der Waals surface area contributed by atoms with Crippen LogP contribution in [-0.4, -0.2) is 47.3 Å². The summed E-state index contributed by atoms with van der Waals surface area (Å²) in [4.78, 5) is 2.32. The Morgan fingerprint density at radius 2 is 2.13 bits per heavy atom. The second kappa shape index (κ2) is 6.77. The number of aliphatic hydroxyl groups is 1. The van der Waals surface area contributed by atoms with Crippen molar-refractivity contribution < 1.29 is 5.11 Å². The van der Waals surface area contributed by atoms with Crippen molar-refractivity contribution in [3.05, 3.63) is 0 Å². The fourth-order valence-electron chi connectivity index (χ4n) is 2.04. The molecular formula is C12H25NOS. The third-order valence-corrected chi connectivity index (χ3v) is 4.22. The molecule has 0 saturated carbocycles. The highest BCUT2D eigenvalue weighted by Gasteiger charge is 2.25. The van der Waals surface area contributed by atoms with E-state index >= 15 is 0 Å². The van der Waals surface area contributed by atoms with Gasteiger partial charge in [-0.15, -0.1) is 0 Å². The largest absolute Gasteiger partial charge is 0.391 e. The van der Waals surface area contributed by atoms with Crippen molar-refractivity contribution in [3.63, 3.8) is 0 Å². The Hall–Kier alpha value is 0.270. The van der Waals surface area contributed by atoms with Gasteiger partial charge in [-0.25, -0.2) is 0 Å². The molecule has 0 bridgehead atoms. The summed E-state index contributed by atoms with van der Waals surface area (Å²) >= 11 is 1.97. The van der Waals surface area contributed by atoms with Crippen molar-refractivity contribution >= 4 is 11.8 Å². The zero-order chi connectivity index (χ0) is 11.3. The lowest BCUT2D eigenvalue weighted by Gasteiger charge is -2.35. The maximum absolute atomic E-state index is 10.1. The van der Waals surface area contributed by atoms with Crippen molar-refractivity contribution in [3.8, 4) is 0 Å². The molecule has 15 heavy (non-hydrogen) atoms. The number of likely N-dealkylation sites (N-methyl/N-ethyl adjacent to an activating group) is 1. The number of thioether (sulfide) groups is 1. The Kier molecular flexibility index (Phi) is 6.02. The third kappa shape index (κ3) is 4.75. The first-order valence-electron chi connectivity index (χ1n) is 6.07. The molecule has 0 aliphatic carbocycles. The summed E-state index contributed by atoms with van der Waals surface area (Å²) in [6, 6.07) is 0.385. The van der Waals surface area contributed by atoms with E-state index in [1.807, 2.05) is 11.8 Å². The van der Waals surface area contributed by atoms with Crippen molar-refractivity contribution in [1.82, 2.24) is 4.90 Å². The normalized spacial score (nSPS) is 25.8. The van der Waals surface area contributed by atoms with Gasteiger partial charge in [-0.1, -0.05) is 26.7 Å². The summed E-state index contributed by atoms with van der Waals surface area (Å²) in [5.74, 6) is 3.07. The van der Waals surface area contributed by atoms with Crippen molar-refractivity contribution in [2.45, 2.75) is 45.3 Å². The van der Waals surface area contributed by atoms with Crippen molar-refractivity contribution in [2.75, 3.05) is 25.1 Å². The van der Waals surface area contributed by atoms with Gasteiger partial charge in [0.15, 0.2) is 0 Å². The van der Waals surface area contributed by atoms with Gasteiger partial charge in [-0.3, -0.25) is 4.90 Å². The predicted molar refractivity (Wildman–Crippen MR) is 68.4 cm³/mol.